The molecule has 4 nitrogen and oxygen atoms in total. The second kappa shape index (κ2) is 2.76. The van der Waals surface area contributed by atoms with Crippen LogP contribution in [-0.2, 0) is 6.42 Å². The first-order valence-corrected chi connectivity index (χ1v) is 4.74. The third-order valence-electron chi connectivity index (χ3n) is 2.57. The van der Waals surface area contributed by atoms with E-state index in [1.165, 1.54) is 0 Å². The molecule has 4 heteroatoms. The van der Waals surface area contributed by atoms with E-state index < -0.39 is 0 Å². The smallest absolute Gasteiger partial charge is 0.343 e. The Labute approximate surface area is 85.3 Å². The molecule has 2 heterocycles. The van der Waals surface area contributed by atoms with Gasteiger partial charge in [-0.1, -0.05) is 0 Å². The highest BCUT2D eigenvalue weighted by molar-refractivity contribution is 5.87. The molecule has 0 fully saturated rings. The van der Waals surface area contributed by atoms with Crippen molar-refractivity contribution in [3.63, 3.8) is 0 Å². The van der Waals surface area contributed by atoms with Crippen LogP contribution in [0.5, 0.6) is 5.75 Å². The van der Waals surface area contributed by atoms with Crippen molar-refractivity contribution in [2.24, 2.45) is 0 Å². The molecule has 76 valence electrons. The van der Waals surface area contributed by atoms with Crippen LogP contribution in [0.2, 0.25) is 0 Å². The number of ether oxygens (including phenoxy) is 1. The molecule has 3 rings (SSSR count). The van der Waals surface area contributed by atoms with E-state index in [2.05, 4.69) is 0 Å². The summed E-state index contributed by atoms with van der Waals surface area (Å²) >= 11 is 0. The first kappa shape index (κ1) is 8.35. The zero-order valence-electron chi connectivity index (χ0n) is 7.95. The van der Waals surface area contributed by atoms with Crippen molar-refractivity contribution in [2.75, 3.05) is 12.3 Å². The molecule has 1 aliphatic rings. The molecule has 0 saturated heterocycles. The molecule has 1 aromatic heterocycles. The van der Waals surface area contributed by atoms with Crippen molar-refractivity contribution < 1.29 is 9.15 Å². The van der Waals surface area contributed by atoms with Crippen LogP contribution in [0.1, 0.15) is 5.56 Å². The molecule has 15 heavy (non-hydrogen) atoms. The second-order valence-corrected chi connectivity index (χ2v) is 3.55. The predicted molar refractivity (Wildman–Crippen MR) is 56.1 cm³/mol. The first-order valence-electron chi connectivity index (χ1n) is 4.74. The maximum absolute atomic E-state index is 11.5. The summed E-state index contributed by atoms with van der Waals surface area (Å²) in [5.74, 6) is 0.633. The summed E-state index contributed by atoms with van der Waals surface area (Å²) in [6.07, 6.45) is 0.613. The molecule has 0 aliphatic carbocycles. The quantitative estimate of drug-likeness (QED) is 0.518. The molecule has 2 N–H and O–H groups in total. The molecule has 0 bridgehead atoms. The lowest BCUT2D eigenvalue weighted by molar-refractivity contribution is 0.360. The van der Waals surface area contributed by atoms with Crippen LogP contribution in [0.3, 0.4) is 0 Å². The van der Waals surface area contributed by atoms with Crippen molar-refractivity contribution in [1.29, 1.82) is 0 Å². The van der Waals surface area contributed by atoms with Crippen LogP contribution in [0.4, 0.5) is 5.69 Å². The molecule has 0 radical (unpaired) electrons. The Morgan fingerprint density at radius 1 is 1.33 bits per heavy atom. The fraction of sp³-hybridized carbons (Fsp3) is 0.182. The summed E-state index contributed by atoms with van der Waals surface area (Å²) in [6, 6.07) is 5.16. The van der Waals surface area contributed by atoms with Gasteiger partial charge in [0.15, 0.2) is 0 Å². The minimum Gasteiger partial charge on any atom is -0.492 e. The fourth-order valence-corrected chi connectivity index (χ4v) is 1.87. The topological polar surface area (TPSA) is 65.5 Å². The third kappa shape index (κ3) is 1.11. The Kier molecular flexibility index (Phi) is 1.54. The van der Waals surface area contributed by atoms with E-state index in [0.717, 1.165) is 5.39 Å². The van der Waals surface area contributed by atoms with Crippen LogP contribution in [0, 0.1) is 0 Å². The standard InChI is InChI=1S/C11H9NO3/c12-6-1-2-9-8(5-6)10-7(3-4-14-10)11(13)15-9/h1-2,5H,3-4,12H2. The van der Waals surface area contributed by atoms with E-state index in [1.807, 2.05) is 0 Å². The fourth-order valence-electron chi connectivity index (χ4n) is 1.87. The number of hydrogen-bond donors (Lipinski definition) is 1. The van der Waals surface area contributed by atoms with Gasteiger partial charge in [-0.2, -0.15) is 0 Å². The molecule has 0 saturated carbocycles. The van der Waals surface area contributed by atoms with Crippen LogP contribution in [-0.4, -0.2) is 6.61 Å². The van der Waals surface area contributed by atoms with Crippen LogP contribution >= 0.6 is 0 Å². The monoisotopic (exact) mass is 203 g/mol. The zero-order chi connectivity index (χ0) is 10.4. The van der Waals surface area contributed by atoms with Crippen molar-refractivity contribution in [3.8, 4) is 5.75 Å². The molecule has 1 aromatic carbocycles. The molecule has 0 spiro atoms. The average molecular weight is 203 g/mol. The van der Waals surface area contributed by atoms with Gasteiger partial charge in [-0.25, -0.2) is 4.79 Å². The lowest BCUT2D eigenvalue weighted by Crippen LogP contribution is -2.04. The zero-order valence-corrected chi connectivity index (χ0v) is 7.95. The minimum absolute atomic E-state index is 0.306. The molecule has 1 aliphatic heterocycles. The van der Waals surface area contributed by atoms with Gasteiger partial charge in [0.2, 0.25) is 0 Å². The SMILES string of the molecule is Nc1ccc2oc(=O)c3c(c2c1)OCC3. The molecular formula is C11H9NO3. The Balaban J connectivity index is 2.49. The van der Waals surface area contributed by atoms with Crippen molar-refractivity contribution in [1.82, 2.24) is 0 Å². The number of nitrogen functional groups attached to an aromatic ring is 1. The normalized spacial score (nSPS) is 13.9. The summed E-state index contributed by atoms with van der Waals surface area (Å²) in [5.41, 5.74) is 7.15. The molecule has 0 amide bonds. The minimum atomic E-state index is -0.306. The van der Waals surface area contributed by atoms with Gasteiger partial charge in [0.25, 0.3) is 0 Å². The average Bonchev–Trinajstić information content (AvgIpc) is 2.69. The largest absolute Gasteiger partial charge is 0.492 e. The Hall–Kier alpha value is -1.97. The van der Waals surface area contributed by atoms with Gasteiger partial charge in [0, 0.05) is 12.1 Å². The van der Waals surface area contributed by atoms with Gasteiger partial charge in [0.1, 0.15) is 11.3 Å². The Morgan fingerprint density at radius 2 is 2.20 bits per heavy atom. The highest BCUT2D eigenvalue weighted by Gasteiger charge is 2.20. The molecule has 0 atom stereocenters. The second-order valence-electron chi connectivity index (χ2n) is 3.55. The van der Waals surface area contributed by atoms with E-state index in [9.17, 15) is 4.79 Å². The number of benzene rings is 1. The number of nitrogens with two attached hydrogens (primary N) is 1. The lowest BCUT2D eigenvalue weighted by atomic mass is 10.1. The van der Waals surface area contributed by atoms with Crippen molar-refractivity contribution in [2.45, 2.75) is 6.42 Å². The van der Waals surface area contributed by atoms with Gasteiger partial charge in [-0.05, 0) is 18.2 Å². The van der Waals surface area contributed by atoms with Crippen LogP contribution in [0.15, 0.2) is 27.4 Å². The summed E-state index contributed by atoms with van der Waals surface area (Å²) in [5, 5.41) is 0.780. The molecule has 0 unspecified atom stereocenters. The van der Waals surface area contributed by atoms with E-state index in [1.54, 1.807) is 18.2 Å². The number of anilines is 1. The van der Waals surface area contributed by atoms with E-state index in [0.29, 0.717) is 35.6 Å². The number of fused-ring (bicyclic) bond motifs is 3. The lowest BCUT2D eigenvalue weighted by Gasteiger charge is -2.03. The third-order valence-corrected chi connectivity index (χ3v) is 2.57. The Morgan fingerprint density at radius 3 is 3.07 bits per heavy atom. The van der Waals surface area contributed by atoms with E-state index >= 15 is 0 Å². The molecule has 2 aromatic rings. The summed E-state index contributed by atoms with van der Waals surface area (Å²) in [7, 11) is 0. The van der Waals surface area contributed by atoms with Crippen molar-refractivity contribution in [3.05, 3.63) is 34.2 Å². The summed E-state index contributed by atoms with van der Waals surface area (Å²) in [4.78, 5) is 11.5. The van der Waals surface area contributed by atoms with Gasteiger partial charge in [-0.15, -0.1) is 0 Å². The van der Waals surface area contributed by atoms with Crippen molar-refractivity contribution >= 4 is 16.7 Å². The number of rotatable bonds is 0. The van der Waals surface area contributed by atoms with Gasteiger partial charge in [0.05, 0.1) is 17.6 Å². The Bertz CT molecular complexity index is 601. The summed E-state index contributed by atoms with van der Waals surface area (Å²) in [6.45, 7) is 0.536. The van der Waals surface area contributed by atoms with E-state index in [-0.39, 0.29) is 5.63 Å². The predicted octanol–water partition coefficient (Wildman–Crippen LogP) is 1.31. The van der Waals surface area contributed by atoms with Crippen LogP contribution in [0.25, 0.3) is 11.0 Å². The van der Waals surface area contributed by atoms with Gasteiger partial charge < -0.3 is 14.9 Å². The van der Waals surface area contributed by atoms with E-state index in [4.69, 9.17) is 14.9 Å². The van der Waals surface area contributed by atoms with Gasteiger partial charge >= 0.3 is 5.63 Å². The first-order chi connectivity index (χ1) is 7.25. The maximum Gasteiger partial charge on any atom is 0.343 e. The van der Waals surface area contributed by atoms with Crippen LogP contribution < -0.4 is 16.1 Å². The summed E-state index contributed by atoms with van der Waals surface area (Å²) < 4.78 is 10.6. The van der Waals surface area contributed by atoms with Gasteiger partial charge in [-0.3, -0.25) is 0 Å². The highest BCUT2D eigenvalue weighted by Crippen LogP contribution is 2.32. The molecular weight excluding hydrogens is 194 g/mol. The highest BCUT2D eigenvalue weighted by atomic mass is 16.5. The number of hydrogen-bond acceptors (Lipinski definition) is 4. The maximum atomic E-state index is 11.5.